The molecule has 0 atom stereocenters. The highest BCUT2D eigenvalue weighted by Crippen LogP contribution is 2.31. The fourth-order valence-electron chi connectivity index (χ4n) is 1.67. The number of halogens is 2. The summed E-state index contributed by atoms with van der Waals surface area (Å²) in [7, 11) is 0. The predicted molar refractivity (Wildman–Crippen MR) is 64.2 cm³/mol. The van der Waals surface area contributed by atoms with E-state index in [2.05, 4.69) is 26.3 Å². The molecule has 2 aromatic rings. The molecule has 0 saturated heterocycles. The van der Waals surface area contributed by atoms with Crippen LogP contribution in [0.15, 0.2) is 22.8 Å². The lowest BCUT2D eigenvalue weighted by atomic mass is 10.3. The zero-order valence-electron chi connectivity index (χ0n) is 8.78. The Morgan fingerprint density at radius 1 is 1.59 bits per heavy atom. The van der Waals surface area contributed by atoms with Gasteiger partial charge in [0.2, 0.25) is 5.91 Å². The van der Waals surface area contributed by atoms with E-state index < -0.39 is 5.82 Å². The van der Waals surface area contributed by atoms with Gasteiger partial charge in [0, 0.05) is 16.6 Å². The van der Waals surface area contributed by atoms with Gasteiger partial charge in [0.25, 0.3) is 0 Å². The normalized spacial score (nSPS) is 15.2. The first-order valence-corrected chi connectivity index (χ1v) is 6.09. The summed E-state index contributed by atoms with van der Waals surface area (Å²) < 4.78 is 16.0. The van der Waals surface area contributed by atoms with Crippen LogP contribution in [0.5, 0.6) is 0 Å². The molecule has 0 bridgehead atoms. The van der Waals surface area contributed by atoms with Gasteiger partial charge in [-0.2, -0.15) is 0 Å². The second kappa shape index (κ2) is 3.80. The molecule has 1 aliphatic rings. The van der Waals surface area contributed by atoms with Crippen molar-refractivity contribution in [2.45, 2.75) is 12.8 Å². The third-order valence-electron chi connectivity index (χ3n) is 2.74. The number of amides is 1. The second-order valence-electron chi connectivity index (χ2n) is 4.08. The highest BCUT2D eigenvalue weighted by molar-refractivity contribution is 9.10. The Kier molecular flexibility index (Phi) is 2.39. The molecule has 0 spiro atoms. The third-order valence-corrected chi connectivity index (χ3v) is 3.38. The van der Waals surface area contributed by atoms with Crippen LogP contribution in [0.4, 0.5) is 10.2 Å². The van der Waals surface area contributed by atoms with Crippen LogP contribution in [0, 0.1) is 11.7 Å². The fraction of sp³-hybridized carbons (Fsp3) is 0.273. The number of carbonyl (C=O) groups is 1. The van der Waals surface area contributed by atoms with Gasteiger partial charge in [-0.3, -0.25) is 4.79 Å². The van der Waals surface area contributed by atoms with E-state index in [-0.39, 0.29) is 17.6 Å². The summed E-state index contributed by atoms with van der Waals surface area (Å²) in [5, 5.41) is 6.53. The monoisotopic (exact) mass is 297 g/mol. The van der Waals surface area contributed by atoms with Crippen molar-refractivity contribution in [3.63, 3.8) is 0 Å². The minimum atomic E-state index is -0.508. The summed E-state index contributed by atoms with van der Waals surface area (Å²) in [5.41, 5.74) is 0.332. The highest BCUT2D eigenvalue weighted by atomic mass is 79.9. The summed E-state index contributed by atoms with van der Waals surface area (Å²) in [5.74, 6) is -0.633. The Morgan fingerprint density at radius 2 is 2.35 bits per heavy atom. The quantitative estimate of drug-likeness (QED) is 0.926. The first-order chi connectivity index (χ1) is 8.16. The summed E-state index contributed by atoms with van der Waals surface area (Å²) >= 11 is 3.25. The standard InChI is InChI=1S/C11H9BrFN3O/c12-7-2-1-5-16-9(7)8(13)10(15-16)14-11(17)6-3-4-6/h1-2,5-6H,3-4H2,(H,14,15,17). The molecule has 0 aromatic carbocycles. The van der Waals surface area contributed by atoms with Crippen molar-refractivity contribution in [3.8, 4) is 0 Å². The number of carbonyl (C=O) groups excluding carboxylic acids is 1. The lowest BCUT2D eigenvalue weighted by Crippen LogP contribution is -2.14. The van der Waals surface area contributed by atoms with Gasteiger partial charge < -0.3 is 5.32 Å². The van der Waals surface area contributed by atoms with Crippen molar-refractivity contribution in [2.24, 2.45) is 5.92 Å². The fourth-order valence-corrected chi connectivity index (χ4v) is 2.18. The number of fused-ring (bicyclic) bond motifs is 1. The van der Waals surface area contributed by atoms with Crippen LogP contribution in [-0.2, 0) is 4.79 Å². The maximum Gasteiger partial charge on any atom is 0.228 e. The van der Waals surface area contributed by atoms with Crippen LogP contribution in [0.25, 0.3) is 5.52 Å². The topological polar surface area (TPSA) is 46.4 Å². The molecule has 17 heavy (non-hydrogen) atoms. The maximum absolute atomic E-state index is 14.0. The van der Waals surface area contributed by atoms with E-state index >= 15 is 0 Å². The third kappa shape index (κ3) is 1.82. The van der Waals surface area contributed by atoms with Crippen LogP contribution < -0.4 is 5.32 Å². The lowest BCUT2D eigenvalue weighted by molar-refractivity contribution is -0.117. The number of hydrogen-bond donors (Lipinski definition) is 1. The van der Waals surface area contributed by atoms with E-state index in [9.17, 15) is 9.18 Å². The number of rotatable bonds is 2. The molecule has 0 unspecified atom stereocenters. The molecule has 0 radical (unpaired) electrons. The molecule has 1 aliphatic carbocycles. The minimum Gasteiger partial charge on any atom is -0.306 e. The number of hydrogen-bond acceptors (Lipinski definition) is 2. The maximum atomic E-state index is 14.0. The van der Waals surface area contributed by atoms with Gasteiger partial charge in [0.15, 0.2) is 11.6 Å². The minimum absolute atomic E-state index is 0.00574. The molecule has 1 N–H and O–H groups in total. The van der Waals surface area contributed by atoms with E-state index in [0.717, 1.165) is 12.8 Å². The Balaban J connectivity index is 2.02. The smallest absolute Gasteiger partial charge is 0.228 e. The molecule has 2 heterocycles. The SMILES string of the molecule is O=C(Nc1nn2cccc(Br)c2c1F)C1CC1. The van der Waals surface area contributed by atoms with Crippen LogP contribution in [0.2, 0.25) is 0 Å². The number of aromatic nitrogens is 2. The molecule has 4 nitrogen and oxygen atoms in total. The Labute approximate surface area is 105 Å². The van der Waals surface area contributed by atoms with Gasteiger partial charge in [0.05, 0.1) is 0 Å². The van der Waals surface area contributed by atoms with Gasteiger partial charge in [-0.1, -0.05) is 0 Å². The van der Waals surface area contributed by atoms with Crippen LogP contribution >= 0.6 is 15.9 Å². The van der Waals surface area contributed by atoms with Crippen molar-refractivity contribution < 1.29 is 9.18 Å². The van der Waals surface area contributed by atoms with Gasteiger partial charge in [-0.15, -0.1) is 5.10 Å². The number of nitrogens with one attached hydrogen (secondary N) is 1. The molecule has 1 fully saturated rings. The molecule has 1 saturated carbocycles. The Hall–Kier alpha value is -1.43. The summed E-state index contributed by atoms with van der Waals surface area (Å²) in [6.45, 7) is 0. The van der Waals surface area contributed by atoms with Crippen molar-refractivity contribution in [1.82, 2.24) is 9.61 Å². The predicted octanol–water partition coefficient (Wildman–Crippen LogP) is 2.58. The summed E-state index contributed by atoms with van der Waals surface area (Å²) in [4.78, 5) is 11.5. The van der Waals surface area contributed by atoms with Gasteiger partial charge in [-0.25, -0.2) is 8.91 Å². The molecule has 3 rings (SSSR count). The molecule has 6 heteroatoms. The molecule has 1 amide bonds. The van der Waals surface area contributed by atoms with E-state index in [1.807, 2.05) is 0 Å². The van der Waals surface area contributed by atoms with E-state index in [4.69, 9.17) is 0 Å². The summed E-state index contributed by atoms with van der Waals surface area (Å²) in [6, 6.07) is 3.47. The first-order valence-electron chi connectivity index (χ1n) is 5.30. The zero-order chi connectivity index (χ0) is 12.0. The summed E-state index contributed by atoms with van der Waals surface area (Å²) in [6.07, 6.45) is 3.39. The van der Waals surface area contributed by atoms with Gasteiger partial charge in [0.1, 0.15) is 5.52 Å². The van der Waals surface area contributed by atoms with Crippen LogP contribution in [0.3, 0.4) is 0 Å². The first kappa shape index (κ1) is 10.7. The van der Waals surface area contributed by atoms with Gasteiger partial charge in [-0.05, 0) is 40.9 Å². The Morgan fingerprint density at radius 3 is 3.00 bits per heavy atom. The van der Waals surface area contributed by atoms with Crippen molar-refractivity contribution >= 4 is 33.2 Å². The van der Waals surface area contributed by atoms with Crippen LogP contribution in [0.1, 0.15) is 12.8 Å². The lowest BCUT2D eigenvalue weighted by Gasteiger charge is -1.98. The van der Waals surface area contributed by atoms with Crippen molar-refractivity contribution in [3.05, 3.63) is 28.6 Å². The van der Waals surface area contributed by atoms with Gasteiger partial charge >= 0.3 is 0 Å². The highest BCUT2D eigenvalue weighted by Gasteiger charge is 2.31. The largest absolute Gasteiger partial charge is 0.306 e. The van der Waals surface area contributed by atoms with Crippen molar-refractivity contribution in [1.29, 1.82) is 0 Å². The molecule has 0 aliphatic heterocycles. The zero-order valence-corrected chi connectivity index (χ0v) is 10.4. The molecule has 2 aromatic heterocycles. The number of anilines is 1. The molecular formula is C11H9BrFN3O. The molecule has 88 valence electrons. The average Bonchev–Trinajstić information content (AvgIpc) is 3.07. The average molecular weight is 298 g/mol. The van der Waals surface area contributed by atoms with Crippen molar-refractivity contribution in [2.75, 3.05) is 5.32 Å². The molecular weight excluding hydrogens is 289 g/mol. The Bertz CT molecular complexity index is 606. The number of pyridine rings is 1. The van der Waals surface area contributed by atoms with E-state index in [1.54, 1.807) is 18.3 Å². The number of nitrogens with zero attached hydrogens (tertiary/aromatic N) is 2. The van der Waals surface area contributed by atoms with Crippen LogP contribution in [-0.4, -0.2) is 15.5 Å². The van der Waals surface area contributed by atoms with E-state index in [0.29, 0.717) is 9.99 Å². The second-order valence-corrected chi connectivity index (χ2v) is 4.93. The van der Waals surface area contributed by atoms with E-state index in [1.165, 1.54) is 4.52 Å².